The minimum absolute atomic E-state index is 0.00479. The fourth-order valence-corrected chi connectivity index (χ4v) is 1.49. The zero-order valence-electron chi connectivity index (χ0n) is 9.16. The molecule has 0 atom stereocenters. The Hall–Kier alpha value is -0.750. The van der Waals surface area contributed by atoms with E-state index in [9.17, 15) is 4.79 Å². The van der Waals surface area contributed by atoms with Crippen molar-refractivity contribution < 1.29 is 19.4 Å². The molecule has 5 nitrogen and oxygen atoms in total. The number of carbonyl (C=O) groups is 1. The maximum absolute atomic E-state index is 11.2. The number of carbonyl (C=O) groups excluding carboxylic acids is 1. The first kappa shape index (κ1) is 15.3. The van der Waals surface area contributed by atoms with Gasteiger partial charge in [0.2, 0.25) is 5.88 Å². The smallest absolute Gasteiger partial charge is 0.344 e. The van der Waals surface area contributed by atoms with E-state index in [4.69, 9.17) is 49.4 Å². The Labute approximate surface area is 119 Å². The lowest BCUT2D eigenvalue weighted by Gasteiger charge is -2.08. The van der Waals surface area contributed by atoms with E-state index in [1.807, 2.05) is 0 Å². The average Bonchev–Trinajstić information content (AvgIpc) is 2.32. The average molecular weight is 315 g/mol. The molecule has 0 bridgehead atoms. The van der Waals surface area contributed by atoms with Crippen molar-refractivity contribution in [2.24, 2.45) is 0 Å². The van der Waals surface area contributed by atoms with Crippen LogP contribution in [0.15, 0.2) is 6.07 Å². The van der Waals surface area contributed by atoms with E-state index >= 15 is 0 Å². The highest BCUT2D eigenvalue weighted by molar-refractivity contribution is 6.42. The van der Waals surface area contributed by atoms with Gasteiger partial charge in [-0.15, -0.1) is 0 Å². The first-order valence-corrected chi connectivity index (χ1v) is 6.08. The Kier molecular flexibility index (Phi) is 6.49. The van der Waals surface area contributed by atoms with E-state index in [0.717, 1.165) is 0 Å². The minimum atomic E-state index is -0.590. The number of ether oxygens (including phenoxy) is 2. The second-order valence-electron chi connectivity index (χ2n) is 3.13. The SMILES string of the molecule is O=C(COc1nc(Cl)c(Cl)cc1Cl)OCCCO. The normalized spacial score (nSPS) is 10.2. The topological polar surface area (TPSA) is 68.7 Å². The zero-order chi connectivity index (χ0) is 13.5. The second kappa shape index (κ2) is 7.63. The van der Waals surface area contributed by atoms with Crippen LogP contribution in [0.25, 0.3) is 0 Å². The minimum Gasteiger partial charge on any atom is -0.465 e. The molecule has 1 aromatic rings. The summed E-state index contributed by atoms with van der Waals surface area (Å²) in [6.45, 7) is -0.272. The van der Waals surface area contributed by atoms with Crippen molar-refractivity contribution >= 4 is 40.8 Å². The summed E-state index contributed by atoms with van der Waals surface area (Å²) in [6, 6.07) is 1.37. The Balaban J connectivity index is 2.48. The molecular weight excluding hydrogens is 304 g/mol. The number of hydrogen-bond acceptors (Lipinski definition) is 5. The number of halogens is 3. The van der Waals surface area contributed by atoms with Crippen LogP contribution in [0.3, 0.4) is 0 Å². The van der Waals surface area contributed by atoms with Crippen molar-refractivity contribution in [1.82, 2.24) is 4.98 Å². The predicted octanol–water partition coefficient (Wildman–Crippen LogP) is 2.35. The van der Waals surface area contributed by atoms with Crippen molar-refractivity contribution in [2.75, 3.05) is 19.8 Å². The number of aliphatic hydroxyl groups excluding tert-OH is 1. The van der Waals surface area contributed by atoms with Crippen LogP contribution < -0.4 is 4.74 Å². The van der Waals surface area contributed by atoms with Gasteiger partial charge in [-0.25, -0.2) is 4.79 Å². The van der Waals surface area contributed by atoms with Gasteiger partial charge in [-0.1, -0.05) is 34.8 Å². The van der Waals surface area contributed by atoms with Crippen molar-refractivity contribution in [1.29, 1.82) is 0 Å². The molecule has 0 fully saturated rings. The van der Waals surface area contributed by atoms with Crippen molar-refractivity contribution in [3.05, 3.63) is 21.3 Å². The van der Waals surface area contributed by atoms with Gasteiger partial charge in [-0.3, -0.25) is 0 Å². The molecule has 1 rings (SSSR count). The molecule has 0 aliphatic carbocycles. The van der Waals surface area contributed by atoms with Crippen LogP contribution in [-0.4, -0.2) is 35.9 Å². The number of pyridine rings is 1. The molecule has 0 unspecified atom stereocenters. The lowest BCUT2D eigenvalue weighted by molar-refractivity contribution is -0.146. The summed E-state index contributed by atoms with van der Waals surface area (Å²) < 4.78 is 9.79. The summed E-state index contributed by atoms with van der Waals surface area (Å²) in [5, 5.41) is 8.87. The van der Waals surface area contributed by atoms with Gasteiger partial charge in [0.15, 0.2) is 11.8 Å². The molecule has 0 saturated carbocycles. The molecule has 1 aromatic heterocycles. The highest BCUT2D eigenvalue weighted by Gasteiger charge is 2.11. The Morgan fingerprint density at radius 2 is 2.06 bits per heavy atom. The molecule has 100 valence electrons. The van der Waals surface area contributed by atoms with Gasteiger partial charge >= 0.3 is 5.97 Å². The van der Waals surface area contributed by atoms with Crippen molar-refractivity contribution in [2.45, 2.75) is 6.42 Å². The summed E-state index contributed by atoms with van der Waals surface area (Å²) >= 11 is 17.2. The predicted molar refractivity (Wildman–Crippen MR) is 67.4 cm³/mol. The van der Waals surface area contributed by atoms with Crippen molar-refractivity contribution in [3.63, 3.8) is 0 Å². The van der Waals surface area contributed by atoms with E-state index in [1.54, 1.807) is 0 Å². The number of aromatic nitrogens is 1. The van der Waals surface area contributed by atoms with Crippen molar-refractivity contribution in [3.8, 4) is 5.88 Å². The molecule has 1 heterocycles. The fraction of sp³-hybridized carbons (Fsp3) is 0.400. The molecule has 0 spiro atoms. The van der Waals surface area contributed by atoms with E-state index in [2.05, 4.69) is 4.98 Å². The monoisotopic (exact) mass is 313 g/mol. The molecule has 1 N–H and O–H groups in total. The number of nitrogens with zero attached hydrogens (tertiary/aromatic N) is 1. The van der Waals surface area contributed by atoms with Crippen LogP contribution in [0.5, 0.6) is 5.88 Å². The molecule has 0 aliphatic heterocycles. The summed E-state index contributed by atoms with van der Waals surface area (Å²) in [5.41, 5.74) is 0. The molecule has 0 saturated heterocycles. The molecule has 0 amide bonds. The third-order valence-corrected chi connectivity index (χ3v) is 2.69. The highest BCUT2D eigenvalue weighted by Crippen LogP contribution is 2.30. The van der Waals surface area contributed by atoms with Gasteiger partial charge in [-0.05, 0) is 6.07 Å². The van der Waals surface area contributed by atoms with E-state index < -0.39 is 5.97 Å². The van der Waals surface area contributed by atoms with E-state index in [0.29, 0.717) is 6.42 Å². The molecule has 0 aliphatic rings. The highest BCUT2D eigenvalue weighted by atomic mass is 35.5. The van der Waals surface area contributed by atoms with Gasteiger partial charge in [0, 0.05) is 13.0 Å². The van der Waals surface area contributed by atoms with Crippen LogP contribution in [0.4, 0.5) is 0 Å². The van der Waals surface area contributed by atoms with E-state index in [-0.39, 0.29) is 40.9 Å². The lowest BCUT2D eigenvalue weighted by atomic mass is 10.5. The first-order valence-electron chi connectivity index (χ1n) is 4.95. The Morgan fingerprint density at radius 3 is 2.72 bits per heavy atom. The maximum atomic E-state index is 11.2. The summed E-state index contributed by atoms with van der Waals surface area (Å²) in [7, 11) is 0. The molecule has 18 heavy (non-hydrogen) atoms. The van der Waals surface area contributed by atoms with Gasteiger partial charge in [0.1, 0.15) is 5.02 Å². The molecular formula is C10H10Cl3NO4. The largest absolute Gasteiger partial charge is 0.465 e. The van der Waals surface area contributed by atoms with Gasteiger partial charge in [-0.2, -0.15) is 4.98 Å². The molecule has 0 radical (unpaired) electrons. The first-order chi connectivity index (χ1) is 8.54. The molecule has 8 heteroatoms. The third kappa shape index (κ3) is 4.86. The maximum Gasteiger partial charge on any atom is 0.344 e. The lowest BCUT2D eigenvalue weighted by Crippen LogP contribution is -2.16. The van der Waals surface area contributed by atoms with Crippen LogP contribution in [0, 0.1) is 0 Å². The quantitative estimate of drug-likeness (QED) is 0.496. The summed E-state index contributed by atoms with van der Waals surface area (Å²) in [6.07, 6.45) is 0.373. The van der Waals surface area contributed by atoms with E-state index in [1.165, 1.54) is 6.07 Å². The van der Waals surface area contributed by atoms with Gasteiger partial charge in [0.25, 0.3) is 0 Å². The van der Waals surface area contributed by atoms with Crippen LogP contribution in [0.2, 0.25) is 15.2 Å². The number of rotatable bonds is 6. The zero-order valence-corrected chi connectivity index (χ0v) is 11.4. The summed E-state index contributed by atoms with van der Waals surface area (Å²) in [5.74, 6) is -0.586. The number of hydrogen-bond donors (Lipinski definition) is 1. The number of esters is 1. The second-order valence-corrected chi connectivity index (χ2v) is 4.31. The molecule has 0 aromatic carbocycles. The van der Waals surface area contributed by atoms with Gasteiger partial charge in [0.05, 0.1) is 11.6 Å². The third-order valence-electron chi connectivity index (χ3n) is 1.75. The van der Waals surface area contributed by atoms with Crippen LogP contribution in [0.1, 0.15) is 6.42 Å². The fourth-order valence-electron chi connectivity index (χ4n) is 0.949. The number of aliphatic hydroxyl groups is 1. The Morgan fingerprint density at radius 1 is 1.33 bits per heavy atom. The van der Waals surface area contributed by atoms with Crippen LogP contribution >= 0.6 is 34.8 Å². The summed E-state index contributed by atoms with van der Waals surface area (Å²) in [4.78, 5) is 15.0. The van der Waals surface area contributed by atoms with Crippen LogP contribution in [-0.2, 0) is 9.53 Å². The van der Waals surface area contributed by atoms with Gasteiger partial charge < -0.3 is 14.6 Å². The standard InChI is InChI=1S/C10H10Cl3NO4/c11-6-4-7(12)10(14-9(6)13)18-5-8(16)17-3-1-2-15/h4,15H,1-3,5H2. The Bertz CT molecular complexity index is 428.